The number of nitrogens with one attached hydrogen (secondary N) is 2. The van der Waals surface area contributed by atoms with E-state index >= 15 is 0 Å². The van der Waals surface area contributed by atoms with E-state index in [9.17, 15) is 14.4 Å². The summed E-state index contributed by atoms with van der Waals surface area (Å²) in [4.78, 5) is 36.1. The van der Waals surface area contributed by atoms with Crippen molar-refractivity contribution in [2.24, 2.45) is 5.92 Å². The van der Waals surface area contributed by atoms with Crippen LogP contribution in [0.1, 0.15) is 29.8 Å². The molecule has 7 heteroatoms. The van der Waals surface area contributed by atoms with E-state index in [0.29, 0.717) is 12.0 Å². The zero-order chi connectivity index (χ0) is 17.8. The summed E-state index contributed by atoms with van der Waals surface area (Å²) >= 11 is 0. The van der Waals surface area contributed by atoms with Gasteiger partial charge in [-0.2, -0.15) is 0 Å². The minimum absolute atomic E-state index is 0.0269. The van der Waals surface area contributed by atoms with Crippen molar-refractivity contribution in [2.75, 3.05) is 7.05 Å². The van der Waals surface area contributed by atoms with Gasteiger partial charge in [0.05, 0.1) is 12.2 Å². The fraction of sp³-hybridized carbons (Fsp3) is 0.278. The Labute approximate surface area is 144 Å². The van der Waals surface area contributed by atoms with E-state index in [4.69, 9.17) is 9.15 Å². The molecule has 1 saturated carbocycles. The van der Waals surface area contributed by atoms with Crippen molar-refractivity contribution in [1.82, 2.24) is 10.6 Å². The second-order valence-corrected chi connectivity index (χ2v) is 5.76. The van der Waals surface area contributed by atoms with E-state index in [1.165, 1.54) is 7.05 Å². The van der Waals surface area contributed by atoms with Gasteiger partial charge in [0.15, 0.2) is 0 Å². The minimum Gasteiger partial charge on any atom is -0.469 e. The van der Waals surface area contributed by atoms with Crippen molar-refractivity contribution in [3.8, 4) is 0 Å². The number of imide groups is 1. The summed E-state index contributed by atoms with van der Waals surface area (Å²) < 4.78 is 10.7. The molecule has 1 aliphatic carbocycles. The third-order valence-electron chi connectivity index (χ3n) is 4.04. The van der Waals surface area contributed by atoms with Gasteiger partial charge in [0, 0.05) is 18.5 Å². The molecule has 1 aromatic heterocycles. The van der Waals surface area contributed by atoms with E-state index < -0.39 is 24.0 Å². The van der Waals surface area contributed by atoms with Crippen LogP contribution in [0.5, 0.6) is 0 Å². The highest BCUT2D eigenvalue weighted by Gasteiger charge is 2.48. The number of benzene rings is 1. The molecule has 1 aromatic carbocycles. The number of amides is 3. The number of hydrogen-bond donors (Lipinski definition) is 2. The molecule has 25 heavy (non-hydrogen) atoms. The van der Waals surface area contributed by atoms with Crippen molar-refractivity contribution in [3.63, 3.8) is 0 Å². The number of carbonyl (C=O) groups is 3. The lowest BCUT2D eigenvalue weighted by Gasteiger charge is -2.17. The van der Waals surface area contributed by atoms with E-state index in [1.807, 2.05) is 6.07 Å². The first-order valence-electron chi connectivity index (χ1n) is 7.91. The van der Waals surface area contributed by atoms with Gasteiger partial charge in [-0.25, -0.2) is 4.79 Å². The summed E-state index contributed by atoms with van der Waals surface area (Å²) in [5.41, 5.74) is 0.493. The molecule has 0 bridgehead atoms. The van der Waals surface area contributed by atoms with Gasteiger partial charge < -0.3 is 14.5 Å². The van der Waals surface area contributed by atoms with Gasteiger partial charge in [-0.3, -0.25) is 14.9 Å². The minimum atomic E-state index is -1.19. The summed E-state index contributed by atoms with van der Waals surface area (Å²) in [5, 5.41) is 4.44. The Bertz CT molecular complexity index is 757. The fourth-order valence-electron chi connectivity index (χ4n) is 2.62. The third-order valence-corrected chi connectivity index (χ3v) is 4.04. The number of rotatable bonds is 5. The smallest absolute Gasteiger partial charge is 0.321 e. The fourth-order valence-corrected chi connectivity index (χ4v) is 2.62. The lowest BCUT2D eigenvalue weighted by atomic mass is 10.1. The van der Waals surface area contributed by atoms with Crippen molar-refractivity contribution in [1.29, 1.82) is 0 Å². The van der Waals surface area contributed by atoms with Crippen LogP contribution in [-0.4, -0.2) is 25.0 Å². The maximum absolute atomic E-state index is 12.4. The van der Waals surface area contributed by atoms with Crippen LogP contribution in [-0.2, 0) is 14.3 Å². The Kier molecular flexibility index (Phi) is 4.83. The maximum atomic E-state index is 12.4. The average Bonchev–Trinajstić information content (AvgIpc) is 3.25. The lowest BCUT2D eigenvalue weighted by Crippen LogP contribution is -2.41. The van der Waals surface area contributed by atoms with Crippen LogP contribution in [0.3, 0.4) is 0 Å². The highest BCUT2D eigenvalue weighted by atomic mass is 16.5. The van der Waals surface area contributed by atoms with Gasteiger partial charge in [-0.15, -0.1) is 0 Å². The topological polar surface area (TPSA) is 97.6 Å². The zero-order valence-electron chi connectivity index (χ0n) is 13.6. The molecule has 0 spiro atoms. The van der Waals surface area contributed by atoms with Gasteiger partial charge in [0.2, 0.25) is 6.10 Å². The van der Waals surface area contributed by atoms with Crippen molar-refractivity contribution in [2.45, 2.75) is 18.4 Å². The summed E-state index contributed by atoms with van der Waals surface area (Å²) in [7, 11) is 1.39. The Morgan fingerprint density at radius 3 is 2.56 bits per heavy atom. The normalized spacial score (nSPS) is 19.6. The van der Waals surface area contributed by atoms with Crippen LogP contribution in [0, 0.1) is 5.92 Å². The van der Waals surface area contributed by atoms with Crippen molar-refractivity contribution < 1.29 is 23.5 Å². The first-order chi connectivity index (χ1) is 12.1. The number of ether oxygens (including phenoxy) is 1. The summed E-state index contributed by atoms with van der Waals surface area (Å²) in [6.45, 7) is 0. The van der Waals surface area contributed by atoms with E-state index in [0.717, 1.165) is 5.76 Å². The molecule has 1 fully saturated rings. The average molecular weight is 342 g/mol. The van der Waals surface area contributed by atoms with Gasteiger partial charge in [-0.05, 0) is 18.6 Å². The largest absolute Gasteiger partial charge is 0.469 e. The molecule has 130 valence electrons. The molecular formula is C18H18N2O5. The van der Waals surface area contributed by atoms with Crippen molar-refractivity contribution >= 4 is 17.9 Å². The second kappa shape index (κ2) is 7.21. The van der Waals surface area contributed by atoms with E-state index in [2.05, 4.69) is 10.6 Å². The first kappa shape index (κ1) is 16.8. The molecule has 0 unspecified atom stereocenters. The molecule has 2 aromatic rings. The molecule has 1 aliphatic rings. The molecule has 2 N–H and O–H groups in total. The maximum Gasteiger partial charge on any atom is 0.321 e. The van der Waals surface area contributed by atoms with Crippen LogP contribution in [0.25, 0.3) is 0 Å². The number of furan rings is 1. The van der Waals surface area contributed by atoms with Gasteiger partial charge in [0.1, 0.15) is 5.76 Å². The van der Waals surface area contributed by atoms with E-state index in [1.54, 1.807) is 42.7 Å². The van der Waals surface area contributed by atoms with Crippen LogP contribution >= 0.6 is 0 Å². The number of esters is 1. The molecule has 3 atom stereocenters. The highest BCUT2D eigenvalue weighted by molar-refractivity contribution is 5.97. The molecule has 0 radical (unpaired) electrons. The first-order valence-corrected chi connectivity index (χ1v) is 7.91. The molecule has 0 aliphatic heterocycles. The predicted molar refractivity (Wildman–Crippen MR) is 87.4 cm³/mol. The van der Waals surface area contributed by atoms with Gasteiger partial charge in [0.25, 0.3) is 5.91 Å². The molecule has 7 nitrogen and oxygen atoms in total. The summed E-state index contributed by atoms with van der Waals surface area (Å²) in [6, 6.07) is 11.5. The van der Waals surface area contributed by atoms with E-state index in [-0.39, 0.29) is 11.8 Å². The summed E-state index contributed by atoms with van der Waals surface area (Å²) in [5.74, 6) is -0.824. The second-order valence-electron chi connectivity index (χ2n) is 5.76. The predicted octanol–water partition coefficient (Wildman–Crippen LogP) is 2.12. The highest BCUT2D eigenvalue weighted by Crippen LogP contribution is 2.48. The zero-order valence-corrected chi connectivity index (χ0v) is 13.6. The Balaban J connectivity index is 1.71. The number of hydrogen-bond acceptors (Lipinski definition) is 5. The standard InChI is InChI=1S/C18H18N2O5/c1-19-18(23)20-16(21)15(11-6-3-2-4-7-11)25-17(22)13-10-12(13)14-8-5-9-24-14/h2-9,12-13,15H,10H2,1H3,(H2,19,20,21,23)/t12-,13+,15-/m1/s1. The molecule has 3 amide bonds. The lowest BCUT2D eigenvalue weighted by molar-refractivity contribution is -0.157. The molecular weight excluding hydrogens is 324 g/mol. The third kappa shape index (κ3) is 3.88. The van der Waals surface area contributed by atoms with Crippen LogP contribution in [0.4, 0.5) is 4.79 Å². The van der Waals surface area contributed by atoms with Crippen molar-refractivity contribution in [3.05, 3.63) is 60.1 Å². The Morgan fingerprint density at radius 1 is 1.16 bits per heavy atom. The van der Waals surface area contributed by atoms with Gasteiger partial charge in [-0.1, -0.05) is 30.3 Å². The summed E-state index contributed by atoms with van der Waals surface area (Å²) in [6.07, 6.45) is 0.980. The SMILES string of the molecule is CNC(=O)NC(=O)[C@H](OC(=O)[C@H]1C[C@H]1c1ccco1)c1ccccc1. The van der Waals surface area contributed by atoms with Crippen LogP contribution in [0.2, 0.25) is 0 Å². The van der Waals surface area contributed by atoms with Crippen LogP contribution < -0.4 is 10.6 Å². The molecule has 0 saturated heterocycles. The Morgan fingerprint density at radius 2 is 1.92 bits per heavy atom. The number of urea groups is 1. The van der Waals surface area contributed by atoms with Gasteiger partial charge >= 0.3 is 12.0 Å². The van der Waals surface area contributed by atoms with Crippen LogP contribution in [0.15, 0.2) is 53.1 Å². The quantitative estimate of drug-likeness (QED) is 0.811. The molecule has 1 heterocycles. The molecule has 3 rings (SSSR count). The number of carbonyl (C=O) groups excluding carboxylic acids is 3. The monoisotopic (exact) mass is 342 g/mol. The Hall–Kier alpha value is -3.09.